The van der Waals surface area contributed by atoms with E-state index in [-0.39, 0.29) is 18.0 Å². The molecular formula is C14H14N4O. The predicted molar refractivity (Wildman–Crippen MR) is 70.1 cm³/mol. The highest BCUT2D eigenvalue weighted by molar-refractivity contribution is 5.89. The second-order valence-electron chi connectivity index (χ2n) is 4.56. The van der Waals surface area contributed by atoms with Gasteiger partial charge in [-0.15, -0.1) is 0 Å². The Labute approximate surface area is 111 Å². The van der Waals surface area contributed by atoms with Crippen LogP contribution in [0.25, 0.3) is 0 Å². The van der Waals surface area contributed by atoms with Gasteiger partial charge in [0.05, 0.1) is 23.6 Å². The lowest BCUT2D eigenvalue weighted by molar-refractivity contribution is 0.247. The van der Waals surface area contributed by atoms with Crippen molar-refractivity contribution in [1.29, 1.82) is 10.5 Å². The van der Waals surface area contributed by atoms with Crippen molar-refractivity contribution in [2.75, 3.05) is 5.32 Å². The van der Waals surface area contributed by atoms with Gasteiger partial charge in [-0.2, -0.15) is 10.5 Å². The maximum absolute atomic E-state index is 11.8. The third-order valence-electron chi connectivity index (χ3n) is 3.27. The van der Waals surface area contributed by atoms with E-state index in [1.54, 1.807) is 24.3 Å². The lowest BCUT2D eigenvalue weighted by atomic mass is 10.1. The molecule has 1 saturated carbocycles. The molecule has 0 radical (unpaired) electrons. The van der Waals surface area contributed by atoms with Crippen LogP contribution in [0.3, 0.4) is 0 Å². The number of anilines is 1. The molecule has 0 aromatic heterocycles. The normalized spacial score (nSPS) is 21.2. The average Bonchev–Trinajstić information content (AvgIpc) is 2.86. The summed E-state index contributed by atoms with van der Waals surface area (Å²) in [5, 5.41) is 23.1. The van der Waals surface area contributed by atoms with Crippen molar-refractivity contribution in [2.45, 2.75) is 25.3 Å². The number of benzene rings is 1. The Morgan fingerprint density at radius 2 is 1.95 bits per heavy atom. The molecule has 2 unspecified atom stereocenters. The van der Waals surface area contributed by atoms with Gasteiger partial charge < -0.3 is 10.6 Å². The van der Waals surface area contributed by atoms with Crippen LogP contribution >= 0.6 is 0 Å². The largest absolute Gasteiger partial charge is 0.334 e. The summed E-state index contributed by atoms with van der Waals surface area (Å²) in [5.41, 5.74) is 1.18. The third kappa shape index (κ3) is 3.23. The van der Waals surface area contributed by atoms with Crippen LogP contribution in [0.15, 0.2) is 24.3 Å². The second-order valence-corrected chi connectivity index (χ2v) is 4.56. The van der Waals surface area contributed by atoms with Crippen LogP contribution < -0.4 is 10.6 Å². The number of hydrogen-bond acceptors (Lipinski definition) is 3. The lowest BCUT2D eigenvalue weighted by Gasteiger charge is -2.16. The van der Waals surface area contributed by atoms with Gasteiger partial charge in [-0.25, -0.2) is 4.79 Å². The quantitative estimate of drug-likeness (QED) is 0.849. The summed E-state index contributed by atoms with van der Waals surface area (Å²) in [6.07, 6.45) is 2.66. The van der Waals surface area contributed by atoms with Gasteiger partial charge >= 0.3 is 6.03 Å². The maximum Gasteiger partial charge on any atom is 0.319 e. The molecule has 1 aromatic rings. The third-order valence-corrected chi connectivity index (χ3v) is 3.27. The van der Waals surface area contributed by atoms with E-state index in [0.717, 1.165) is 19.3 Å². The molecule has 1 fully saturated rings. The zero-order valence-electron chi connectivity index (χ0n) is 10.4. The first-order valence-corrected chi connectivity index (χ1v) is 6.20. The smallest absolute Gasteiger partial charge is 0.319 e. The molecule has 5 heteroatoms. The summed E-state index contributed by atoms with van der Waals surface area (Å²) in [6.45, 7) is 0. The molecule has 2 rings (SSSR count). The summed E-state index contributed by atoms with van der Waals surface area (Å²) in [7, 11) is 0. The number of urea groups is 1. The van der Waals surface area contributed by atoms with Crippen molar-refractivity contribution in [1.82, 2.24) is 5.32 Å². The molecule has 19 heavy (non-hydrogen) atoms. The topological polar surface area (TPSA) is 88.7 Å². The molecule has 0 bridgehead atoms. The summed E-state index contributed by atoms with van der Waals surface area (Å²) < 4.78 is 0. The average molecular weight is 254 g/mol. The molecule has 2 amide bonds. The Bertz CT molecular complexity index is 538. The minimum atomic E-state index is -0.308. The lowest BCUT2D eigenvalue weighted by Crippen LogP contribution is -2.39. The number of carbonyl (C=O) groups is 1. The maximum atomic E-state index is 11.8. The van der Waals surface area contributed by atoms with Crippen molar-refractivity contribution in [2.24, 2.45) is 5.92 Å². The van der Waals surface area contributed by atoms with Crippen molar-refractivity contribution >= 4 is 11.7 Å². The van der Waals surface area contributed by atoms with E-state index < -0.39 is 0 Å². The summed E-state index contributed by atoms with van der Waals surface area (Å²) in [5.74, 6) is -0.0910. The number of nitrogens with zero attached hydrogens (tertiary/aromatic N) is 2. The van der Waals surface area contributed by atoms with Gasteiger partial charge in [0, 0.05) is 11.7 Å². The van der Waals surface area contributed by atoms with Crippen LogP contribution in [0.5, 0.6) is 0 Å². The monoisotopic (exact) mass is 254 g/mol. The minimum Gasteiger partial charge on any atom is -0.334 e. The standard InChI is InChI=1S/C14H14N4O/c15-8-10-4-6-12(7-5-10)17-14(19)18-13-3-1-2-11(13)9-16/h4-7,11,13H,1-3H2,(H2,17,18,19). The number of nitrogens with one attached hydrogen (secondary N) is 2. The molecule has 5 nitrogen and oxygen atoms in total. The molecule has 0 aliphatic heterocycles. The van der Waals surface area contributed by atoms with Gasteiger partial charge in [-0.3, -0.25) is 0 Å². The van der Waals surface area contributed by atoms with E-state index in [2.05, 4.69) is 16.7 Å². The van der Waals surface area contributed by atoms with Gasteiger partial charge in [0.15, 0.2) is 0 Å². The number of rotatable bonds is 2. The second kappa shape index (κ2) is 5.88. The van der Waals surface area contributed by atoms with Crippen LogP contribution in [0, 0.1) is 28.6 Å². The fourth-order valence-electron chi connectivity index (χ4n) is 2.25. The molecule has 2 N–H and O–H groups in total. The van der Waals surface area contributed by atoms with Crippen molar-refractivity contribution < 1.29 is 4.79 Å². The van der Waals surface area contributed by atoms with E-state index in [4.69, 9.17) is 10.5 Å². The van der Waals surface area contributed by atoms with Crippen molar-refractivity contribution in [3.8, 4) is 12.1 Å². The molecule has 2 atom stereocenters. The van der Waals surface area contributed by atoms with Crippen molar-refractivity contribution in [3.05, 3.63) is 29.8 Å². The Morgan fingerprint density at radius 1 is 1.21 bits per heavy atom. The fraction of sp³-hybridized carbons (Fsp3) is 0.357. The number of amides is 2. The highest BCUT2D eigenvalue weighted by Crippen LogP contribution is 2.24. The van der Waals surface area contributed by atoms with Crippen LogP contribution in [-0.2, 0) is 0 Å². The first-order valence-electron chi connectivity index (χ1n) is 6.20. The van der Waals surface area contributed by atoms with Gasteiger partial charge in [-0.05, 0) is 43.5 Å². The Kier molecular flexibility index (Phi) is 4.00. The molecule has 96 valence electrons. The van der Waals surface area contributed by atoms with Gasteiger partial charge in [0.25, 0.3) is 0 Å². The highest BCUT2D eigenvalue weighted by atomic mass is 16.2. The van der Waals surface area contributed by atoms with Gasteiger partial charge in [0.1, 0.15) is 0 Å². The van der Waals surface area contributed by atoms with Crippen molar-refractivity contribution in [3.63, 3.8) is 0 Å². The van der Waals surface area contributed by atoms with Crippen LogP contribution in [-0.4, -0.2) is 12.1 Å². The van der Waals surface area contributed by atoms with E-state index in [1.807, 2.05) is 6.07 Å². The van der Waals surface area contributed by atoms with E-state index in [0.29, 0.717) is 11.3 Å². The van der Waals surface area contributed by atoms with Crippen LogP contribution in [0.4, 0.5) is 10.5 Å². The summed E-state index contributed by atoms with van der Waals surface area (Å²) in [4.78, 5) is 11.8. The highest BCUT2D eigenvalue weighted by Gasteiger charge is 2.28. The first kappa shape index (κ1) is 12.9. The number of nitriles is 2. The first-order chi connectivity index (χ1) is 9.22. The number of carbonyl (C=O) groups excluding carboxylic acids is 1. The summed E-state index contributed by atoms with van der Waals surface area (Å²) in [6, 6.07) is 10.5. The van der Waals surface area contributed by atoms with Crippen LogP contribution in [0.1, 0.15) is 24.8 Å². The van der Waals surface area contributed by atoms with E-state index in [9.17, 15) is 4.79 Å². The minimum absolute atomic E-state index is 0.0663. The zero-order valence-corrected chi connectivity index (χ0v) is 10.4. The molecule has 1 aliphatic carbocycles. The van der Waals surface area contributed by atoms with Gasteiger partial charge in [-0.1, -0.05) is 0 Å². The molecule has 0 heterocycles. The number of hydrogen-bond donors (Lipinski definition) is 2. The molecule has 0 saturated heterocycles. The molecule has 1 aliphatic rings. The fourth-order valence-corrected chi connectivity index (χ4v) is 2.25. The van der Waals surface area contributed by atoms with E-state index in [1.165, 1.54) is 0 Å². The molecular weight excluding hydrogens is 240 g/mol. The Hall–Kier alpha value is -2.53. The predicted octanol–water partition coefficient (Wildman–Crippen LogP) is 2.37. The van der Waals surface area contributed by atoms with E-state index >= 15 is 0 Å². The molecule has 1 aromatic carbocycles. The molecule has 0 spiro atoms. The Balaban J connectivity index is 1.90. The van der Waals surface area contributed by atoms with Gasteiger partial charge in [0.2, 0.25) is 0 Å². The van der Waals surface area contributed by atoms with Crippen LogP contribution in [0.2, 0.25) is 0 Å². The SMILES string of the molecule is N#Cc1ccc(NC(=O)NC2CCCC2C#N)cc1. The summed E-state index contributed by atoms with van der Waals surface area (Å²) >= 11 is 0. The zero-order chi connectivity index (χ0) is 13.7. The Morgan fingerprint density at radius 3 is 2.58 bits per heavy atom.